The van der Waals surface area contributed by atoms with Gasteiger partial charge in [-0.25, -0.2) is 0 Å². The molecule has 0 unspecified atom stereocenters. The van der Waals surface area contributed by atoms with Crippen LogP contribution in [0.15, 0.2) is 47.5 Å². The van der Waals surface area contributed by atoms with Gasteiger partial charge in [0.1, 0.15) is 17.3 Å². The van der Waals surface area contributed by atoms with Gasteiger partial charge in [0, 0.05) is 11.1 Å². The molecule has 2 atom stereocenters. The molecule has 0 aromatic heterocycles. The highest BCUT2D eigenvalue weighted by Crippen LogP contribution is 2.35. The monoisotopic (exact) mass is 440 g/mol. The van der Waals surface area contributed by atoms with Gasteiger partial charge in [-0.15, -0.1) is 0 Å². The highest BCUT2D eigenvalue weighted by atomic mass is 35.5. The third-order valence-electron chi connectivity index (χ3n) is 6.54. The lowest BCUT2D eigenvalue weighted by atomic mass is 9.84. The van der Waals surface area contributed by atoms with Gasteiger partial charge in [0.05, 0.1) is 31.4 Å². The van der Waals surface area contributed by atoms with Crippen LogP contribution in [0.1, 0.15) is 69.0 Å². The molecule has 0 saturated heterocycles. The lowest BCUT2D eigenvalue weighted by molar-refractivity contribution is 0.317. The first kappa shape index (κ1) is 22.0. The number of aliphatic imine (C=N–C) groups is 1. The minimum Gasteiger partial charge on any atom is -0.497 e. The summed E-state index contributed by atoms with van der Waals surface area (Å²) in [5.74, 6) is 3.34. The number of ether oxygens (including phenoxy) is 2. The highest BCUT2D eigenvalue weighted by molar-refractivity contribution is 6.30. The minimum atomic E-state index is 0.146. The van der Waals surface area contributed by atoms with E-state index < -0.39 is 0 Å². The van der Waals surface area contributed by atoms with Crippen LogP contribution in [0.25, 0.3) is 0 Å². The lowest BCUT2D eigenvalue weighted by Gasteiger charge is -2.24. The Balaban J connectivity index is 1.59. The van der Waals surface area contributed by atoms with Crippen molar-refractivity contribution in [1.29, 1.82) is 0 Å². The number of methoxy groups -OCH3 is 1. The zero-order valence-electron chi connectivity index (χ0n) is 18.6. The van der Waals surface area contributed by atoms with Gasteiger partial charge in [0.25, 0.3) is 0 Å². The third kappa shape index (κ3) is 5.35. The fourth-order valence-corrected chi connectivity index (χ4v) is 4.98. The van der Waals surface area contributed by atoms with Crippen molar-refractivity contribution in [3.05, 3.63) is 58.6 Å². The van der Waals surface area contributed by atoms with Crippen LogP contribution in [-0.2, 0) is 0 Å². The second-order valence-electron chi connectivity index (χ2n) is 8.60. The van der Waals surface area contributed by atoms with Crippen molar-refractivity contribution < 1.29 is 9.47 Å². The van der Waals surface area contributed by atoms with Crippen molar-refractivity contribution in [2.45, 2.75) is 64.0 Å². The van der Waals surface area contributed by atoms with E-state index in [0.717, 1.165) is 40.3 Å². The second kappa shape index (κ2) is 10.4. The minimum absolute atomic E-state index is 0.146. The summed E-state index contributed by atoms with van der Waals surface area (Å²) in [6, 6.07) is 14.5. The number of nitrogens with zero attached hydrogens (tertiary/aromatic N) is 1. The Morgan fingerprint density at radius 1 is 1.03 bits per heavy atom. The Kier molecular flexibility index (Phi) is 7.39. The topological polar surface area (TPSA) is 42.9 Å². The van der Waals surface area contributed by atoms with Crippen LogP contribution in [0, 0.1) is 5.92 Å². The number of benzene rings is 2. The summed E-state index contributed by atoms with van der Waals surface area (Å²) in [5.41, 5.74) is 2.21. The zero-order chi connectivity index (χ0) is 21.6. The molecule has 2 aromatic carbocycles. The first-order valence-corrected chi connectivity index (χ1v) is 12.0. The maximum Gasteiger partial charge on any atom is 0.133 e. The molecule has 2 aromatic rings. The Hall–Kier alpha value is -2.20. The van der Waals surface area contributed by atoms with Crippen molar-refractivity contribution in [3.63, 3.8) is 0 Å². The third-order valence-corrected chi connectivity index (χ3v) is 6.79. The van der Waals surface area contributed by atoms with E-state index in [0.29, 0.717) is 6.61 Å². The van der Waals surface area contributed by atoms with Crippen molar-refractivity contribution in [3.8, 4) is 11.5 Å². The predicted molar refractivity (Wildman–Crippen MR) is 128 cm³/mol. The van der Waals surface area contributed by atoms with E-state index in [9.17, 15) is 0 Å². The van der Waals surface area contributed by atoms with E-state index in [4.69, 9.17) is 26.1 Å². The number of hydrogen-bond acceptors (Lipinski definition) is 4. The average Bonchev–Trinajstić information content (AvgIpc) is 3.23. The lowest BCUT2D eigenvalue weighted by Crippen LogP contribution is -2.28. The molecule has 1 aliphatic carbocycles. The van der Waals surface area contributed by atoms with E-state index in [2.05, 4.69) is 17.4 Å². The van der Waals surface area contributed by atoms with Crippen LogP contribution in [0.5, 0.6) is 11.5 Å². The molecule has 1 aliphatic heterocycles. The maximum atomic E-state index is 6.15. The van der Waals surface area contributed by atoms with Gasteiger partial charge in [-0.05, 0) is 55.5 Å². The molecule has 0 radical (unpaired) electrons. The quantitative estimate of drug-likeness (QED) is 0.504. The summed E-state index contributed by atoms with van der Waals surface area (Å²) in [6.45, 7) is 2.59. The molecular formula is C26H33ClN2O2. The van der Waals surface area contributed by atoms with Crippen molar-refractivity contribution in [1.82, 2.24) is 5.32 Å². The van der Waals surface area contributed by atoms with Crippen LogP contribution >= 0.6 is 11.6 Å². The fraction of sp³-hybridized carbons (Fsp3) is 0.500. The summed E-state index contributed by atoms with van der Waals surface area (Å²) >= 11 is 6.15. The second-order valence-corrected chi connectivity index (χ2v) is 9.03. The molecular weight excluding hydrogens is 408 g/mol. The standard InChI is InChI=1S/C26H33ClN2O2/c1-3-31-24-17-21(30-2)14-15-22(24)26-28-23(16-9-18-7-5-4-6-8-18)25(29-26)19-10-12-20(27)13-11-19/h10-15,17-18,23,25H,3-9,16H2,1-2H3,(H,28,29)/t23-,25+/m1/s1. The summed E-state index contributed by atoms with van der Waals surface area (Å²) in [5, 5.41) is 4.46. The van der Waals surface area contributed by atoms with Gasteiger partial charge < -0.3 is 14.8 Å². The average molecular weight is 441 g/mol. The Morgan fingerprint density at radius 2 is 1.81 bits per heavy atom. The van der Waals surface area contributed by atoms with E-state index in [1.807, 2.05) is 37.3 Å². The fourth-order valence-electron chi connectivity index (χ4n) is 4.86. The van der Waals surface area contributed by atoms with Crippen LogP contribution in [-0.4, -0.2) is 25.6 Å². The van der Waals surface area contributed by atoms with E-state index in [1.165, 1.54) is 44.1 Å². The maximum absolute atomic E-state index is 6.15. The van der Waals surface area contributed by atoms with Gasteiger partial charge in [-0.1, -0.05) is 55.8 Å². The van der Waals surface area contributed by atoms with Gasteiger partial charge in [0.2, 0.25) is 0 Å². The molecule has 1 N–H and O–H groups in total. The summed E-state index contributed by atoms with van der Waals surface area (Å²) in [7, 11) is 1.67. The Bertz CT molecular complexity index is 891. The smallest absolute Gasteiger partial charge is 0.133 e. The SMILES string of the molecule is CCOc1cc(OC)ccc1C1=N[C@H](CCC2CCCCC2)[C@H](c2ccc(Cl)cc2)N1. The van der Waals surface area contributed by atoms with Gasteiger partial charge in [-0.3, -0.25) is 4.99 Å². The molecule has 0 bridgehead atoms. The number of rotatable bonds is 8. The van der Waals surface area contributed by atoms with Crippen LogP contribution in [0.4, 0.5) is 0 Å². The summed E-state index contributed by atoms with van der Waals surface area (Å²) < 4.78 is 11.3. The first-order valence-electron chi connectivity index (χ1n) is 11.6. The van der Waals surface area contributed by atoms with Gasteiger partial charge in [-0.2, -0.15) is 0 Å². The molecule has 0 spiro atoms. The van der Waals surface area contributed by atoms with E-state index >= 15 is 0 Å². The molecule has 0 amide bonds. The summed E-state index contributed by atoms with van der Waals surface area (Å²) in [6.07, 6.45) is 9.24. The predicted octanol–water partition coefficient (Wildman–Crippen LogP) is 6.57. The highest BCUT2D eigenvalue weighted by Gasteiger charge is 2.32. The number of nitrogens with one attached hydrogen (secondary N) is 1. The molecule has 166 valence electrons. The van der Waals surface area contributed by atoms with Crippen molar-refractivity contribution in [2.24, 2.45) is 10.9 Å². The largest absolute Gasteiger partial charge is 0.497 e. The molecule has 1 fully saturated rings. The van der Waals surface area contributed by atoms with E-state index in [1.54, 1.807) is 7.11 Å². The van der Waals surface area contributed by atoms with Crippen molar-refractivity contribution >= 4 is 17.4 Å². The Morgan fingerprint density at radius 3 is 2.52 bits per heavy atom. The zero-order valence-corrected chi connectivity index (χ0v) is 19.3. The summed E-state index contributed by atoms with van der Waals surface area (Å²) in [4.78, 5) is 5.17. The molecule has 31 heavy (non-hydrogen) atoms. The van der Waals surface area contributed by atoms with Gasteiger partial charge in [0.15, 0.2) is 0 Å². The molecule has 4 nitrogen and oxygen atoms in total. The normalized spacial score (nSPS) is 21.5. The number of hydrogen-bond donors (Lipinski definition) is 1. The molecule has 2 aliphatic rings. The Labute approximate surface area is 191 Å². The molecule has 1 heterocycles. The molecule has 5 heteroatoms. The molecule has 1 saturated carbocycles. The van der Waals surface area contributed by atoms with Gasteiger partial charge >= 0.3 is 0 Å². The van der Waals surface area contributed by atoms with Crippen LogP contribution < -0.4 is 14.8 Å². The molecule has 4 rings (SSSR count). The number of halogens is 1. The van der Waals surface area contributed by atoms with E-state index in [-0.39, 0.29) is 12.1 Å². The van der Waals surface area contributed by atoms with Crippen molar-refractivity contribution in [2.75, 3.05) is 13.7 Å². The van der Waals surface area contributed by atoms with Crippen LogP contribution in [0.2, 0.25) is 5.02 Å². The first-order chi connectivity index (χ1) is 15.2. The van der Waals surface area contributed by atoms with Crippen LogP contribution in [0.3, 0.4) is 0 Å². The number of amidine groups is 1.